The van der Waals surface area contributed by atoms with Crippen LogP contribution in [0, 0.1) is 0 Å². The van der Waals surface area contributed by atoms with Crippen LogP contribution in [0.15, 0.2) is 47.0 Å². The second kappa shape index (κ2) is 5.34. The number of rotatable bonds is 3. The van der Waals surface area contributed by atoms with Crippen LogP contribution in [0.3, 0.4) is 0 Å². The maximum atomic E-state index is 11.2. The lowest BCUT2D eigenvalue weighted by atomic mass is 10.1. The average Bonchev–Trinajstić information content (AvgIpc) is 2.97. The Balaban J connectivity index is 2.03. The molecule has 0 saturated carbocycles. The third-order valence-electron chi connectivity index (χ3n) is 2.76. The molecular formula is C14H8ClN3O3. The molecule has 2 aromatic heterocycles. The Morgan fingerprint density at radius 2 is 1.86 bits per heavy atom. The molecular weight excluding hydrogens is 294 g/mol. The number of hydrogen-bond acceptors (Lipinski definition) is 5. The summed E-state index contributed by atoms with van der Waals surface area (Å²) >= 11 is 5.76. The van der Waals surface area contributed by atoms with E-state index in [1.165, 1.54) is 12.3 Å². The quantitative estimate of drug-likeness (QED) is 0.799. The first-order chi connectivity index (χ1) is 10.1. The number of carboxylic acid groups (broad SMARTS) is 1. The molecule has 0 atom stereocenters. The lowest BCUT2D eigenvalue weighted by Gasteiger charge is -2.00. The molecule has 0 bridgehead atoms. The molecule has 0 aliphatic rings. The fraction of sp³-hybridized carbons (Fsp3) is 0. The summed E-state index contributed by atoms with van der Waals surface area (Å²) in [6.07, 6.45) is 1.46. The Morgan fingerprint density at radius 1 is 1.10 bits per heavy atom. The molecule has 0 amide bonds. The molecule has 21 heavy (non-hydrogen) atoms. The van der Waals surface area contributed by atoms with E-state index in [-0.39, 0.29) is 17.3 Å². The minimum atomic E-state index is -1.06. The molecule has 1 N–H and O–H groups in total. The second-order valence-corrected chi connectivity index (χ2v) is 4.56. The highest BCUT2D eigenvalue weighted by Crippen LogP contribution is 2.25. The third kappa shape index (κ3) is 2.61. The number of aromatic carboxylic acids is 1. The summed E-state index contributed by atoms with van der Waals surface area (Å²) in [5, 5.41) is 17.4. The van der Waals surface area contributed by atoms with Crippen molar-refractivity contribution >= 4 is 17.6 Å². The van der Waals surface area contributed by atoms with Crippen LogP contribution in [0.1, 0.15) is 10.4 Å². The van der Waals surface area contributed by atoms with Gasteiger partial charge < -0.3 is 9.52 Å². The standard InChI is InChI=1S/C14H8ClN3O3/c15-8-5-6-11(16-7-8)13-18-17-12(21-13)9-3-1-2-4-10(9)14(19)20/h1-7H,(H,19,20). The molecule has 7 heteroatoms. The first kappa shape index (κ1) is 13.3. The van der Waals surface area contributed by atoms with Crippen molar-refractivity contribution in [1.29, 1.82) is 0 Å². The molecule has 2 heterocycles. The number of aromatic nitrogens is 3. The zero-order valence-corrected chi connectivity index (χ0v) is 11.3. The molecule has 0 aliphatic heterocycles. The minimum absolute atomic E-state index is 0.0942. The van der Waals surface area contributed by atoms with Gasteiger partial charge in [0.05, 0.1) is 16.1 Å². The third-order valence-corrected chi connectivity index (χ3v) is 2.98. The highest BCUT2D eigenvalue weighted by molar-refractivity contribution is 6.30. The first-order valence-electron chi connectivity index (χ1n) is 5.93. The van der Waals surface area contributed by atoms with Crippen molar-refractivity contribution in [3.8, 4) is 23.0 Å². The molecule has 0 aliphatic carbocycles. The van der Waals surface area contributed by atoms with Crippen molar-refractivity contribution in [3.05, 3.63) is 53.2 Å². The van der Waals surface area contributed by atoms with Gasteiger partial charge in [0.1, 0.15) is 5.69 Å². The van der Waals surface area contributed by atoms with E-state index in [2.05, 4.69) is 15.2 Å². The normalized spacial score (nSPS) is 10.5. The van der Waals surface area contributed by atoms with Crippen LogP contribution in [-0.2, 0) is 0 Å². The van der Waals surface area contributed by atoms with Crippen LogP contribution in [-0.4, -0.2) is 26.3 Å². The van der Waals surface area contributed by atoms with Gasteiger partial charge in [0.15, 0.2) is 0 Å². The van der Waals surface area contributed by atoms with Gasteiger partial charge in [-0.2, -0.15) is 0 Å². The smallest absolute Gasteiger partial charge is 0.336 e. The lowest BCUT2D eigenvalue weighted by Crippen LogP contribution is -1.98. The molecule has 0 saturated heterocycles. The van der Waals surface area contributed by atoms with E-state index in [4.69, 9.17) is 21.1 Å². The maximum absolute atomic E-state index is 11.2. The zero-order chi connectivity index (χ0) is 14.8. The van der Waals surface area contributed by atoms with Crippen LogP contribution >= 0.6 is 11.6 Å². The number of carbonyl (C=O) groups is 1. The molecule has 0 radical (unpaired) electrons. The Kier molecular flexibility index (Phi) is 3.37. The van der Waals surface area contributed by atoms with Crippen molar-refractivity contribution in [2.24, 2.45) is 0 Å². The van der Waals surface area contributed by atoms with Crippen LogP contribution in [0.4, 0.5) is 0 Å². The first-order valence-corrected chi connectivity index (χ1v) is 6.31. The Morgan fingerprint density at radius 3 is 2.57 bits per heavy atom. The van der Waals surface area contributed by atoms with Gasteiger partial charge in [-0.3, -0.25) is 0 Å². The monoisotopic (exact) mass is 301 g/mol. The summed E-state index contributed by atoms with van der Waals surface area (Å²) in [5.74, 6) is -0.739. The summed E-state index contributed by atoms with van der Waals surface area (Å²) in [6.45, 7) is 0. The van der Waals surface area contributed by atoms with E-state index in [1.54, 1.807) is 30.3 Å². The molecule has 0 unspecified atom stereocenters. The molecule has 104 valence electrons. The predicted molar refractivity (Wildman–Crippen MR) is 74.9 cm³/mol. The Labute approximate surface area is 124 Å². The van der Waals surface area contributed by atoms with Gasteiger partial charge in [0.25, 0.3) is 5.89 Å². The van der Waals surface area contributed by atoms with Crippen LogP contribution < -0.4 is 0 Å². The number of hydrogen-bond donors (Lipinski definition) is 1. The van der Waals surface area contributed by atoms with Gasteiger partial charge in [-0.05, 0) is 24.3 Å². The molecule has 1 aromatic carbocycles. The minimum Gasteiger partial charge on any atom is -0.478 e. The number of pyridine rings is 1. The number of halogens is 1. The fourth-order valence-electron chi connectivity index (χ4n) is 1.79. The predicted octanol–water partition coefficient (Wildman–Crippen LogP) is 3.15. The summed E-state index contributed by atoms with van der Waals surface area (Å²) in [6, 6.07) is 9.71. The molecule has 3 rings (SSSR count). The van der Waals surface area contributed by atoms with Gasteiger partial charge in [-0.25, -0.2) is 9.78 Å². The van der Waals surface area contributed by atoms with Crippen molar-refractivity contribution < 1.29 is 14.3 Å². The van der Waals surface area contributed by atoms with Crippen molar-refractivity contribution in [2.45, 2.75) is 0 Å². The van der Waals surface area contributed by atoms with Gasteiger partial charge in [-0.15, -0.1) is 10.2 Å². The zero-order valence-electron chi connectivity index (χ0n) is 10.5. The van der Waals surface area contributed by atoms with Gasteiger partial charge in [-0.1, -0.05) is 23.7 Å². The SMILES string of the molecule is O=C(O)c1ccccc1-c1nnc(-c2ccc(Cl)cn2)o1. The van der Waals surface area contributed by atoms with Crippen LogP contribution in [0.2, 0.25) is 5.02 Å². The van der Waals surface area contributed by atoms with Gasteiger partial charge in [0, 0.05) is 6.20 Å². The summed E-state index contributed by atoms with van der Waals surface area (Å²) in [7, 11) is 0. The topological polar surface area (TPSA) is 89.1 Å². The lowest BCUT2D eigenvalue weighted by molar-refractivity contribution is 0.0697. The van der Waals surface area contributed by atoms with E-state index in [0.29, 0.717) is 16.3 Å². The Hall–Kier alpha value is -2.73. The summed E-state index contributed by atoms with van der Waals surface area (Å²) < 4.78 is 5.50. The molecule has 0 fully saturated rings. The molecule has 6 nitrogen and oxygen atoms in total. The highest BCUT2D eigenvalue weighted by atomic mass is 35.5. The van der Waals surface area contributed by atoms with Crippen LogP contribution in [0.5, 0.6) is 0 Å². The number of benzene rings is 1. The summed E-state index contributed by atoms with van der Waals surface area (Å²) in [5.41, 5.74) is 0.917. The van der Waals surface area contributed by atoms with Crippen molar-refractivity contribution in [1.82, 2.24) is 15.2 Å². The van der Waals surface area contributed by atoms with E-state index >= 15 is 0 Å². The largest absolute Gasteiger partial charge is 0.478 e. The fourth-order valence-corrected chi connectivity index (χ4v) is 1.91. The average molecular weight is 302 g/mol. The summed E-state index contributed by atoms with van der Waals surface area (Å²) in [4.78, 5) is 15.3. The van der Waals surface area contributed by atoms with Crippen molar-refractivity contribution in [3.63, 3.8) is 0 Å². The van der Waals surface area contributed by atoms with Crippen LogP contribution in [0.25, 0.3) is 23.0 Å². The van der Waals surface area contributed by atoms with Crippen molar-refractivity contribution in [2.75, 3.05) is 0 Å². The van der Waals surface area contributed by atoms with Gasteiger partial charge >= 0.3 is 5.97 Å². The van der Waals surface area contributed by atoms with E-state index < -0.39 is 5.97 Å². The second-order valence-electron chi connectivity index (χ2n) is 4.12. The number of carboxylic acids is 1. The Bertz CT molecular complexity index is 799. The van der Waals surface area contributed by atoms with E-state index in [0.717, 1.165) is 0 Å². The molecule has 0 spiro atoms. The maximum Gasteiger partial charge on any atom is 0.336 e. The van der Waals surface area contributed by atoms with E-state index in [1.807, 2.05) is 0 Å². The number of nitrogens with zero attached hydrogens (tertiary/aromatic N) is 3. The van der Waals surface area contributed by atoms with Gasteiger partial charge in [0.2, 0.25) is 5.89 Å². The molecule has 3 aromatic rings. The van der Waals surface area contributed by atoms with E-state index in [9.17, 15) is 4.79 Å². The highest BCUT2D eigenvalue weighted by Gasteiger charge is 2.17.